The van der Waals surface area contributed by atoms with Gasteiger partial charge in [-0.15, -0.1) is 0 Å². The Balaban J connectivity index is 2.12. The van der Waals surface area contributed by atoms with Gasteiger partial charge in [0.25, 0.3) is 0 Å². The molecule has 0 radical (unpaired) electrons. The molecule has 1 aliphatic rings. The molecule has 22 heavy (non-hydrogen) atoms. The third-order valence-electron chi connectivity index (χ3n) is 4.51. The number of halogens is 1. The van der Waals surface area contributed by atoms with Gasteiger partial charge in [0.15, 0.2) is 0 Å². The molecule has 1 heterocycles. The normalized spacial score (nSPS) is 17.8. The van der Waals surface area contributed by atoms with Crippen LogP contribution in [-0.4, -0.2) is 17.6 Å². The second-order valence-electron chi connectivity index (χ2n) is 6.55. The average molecular weight is 320 g/mol. The van der Waals surface area contributed by atoms with E-state index in [-0.39, 0.29) is 11.9 Å². The monoisotopic (exact) mass is 319 g/mol. The molecule has 0 spiro atoms. The largest absolute Gasteiger partial charge is 0.469 e. The highest BCUT2D eigenvalue weighted by molar-refractivity contribution is 6.31. The van der Waals surface area contributed by atoms with Crippen LogP contribution >= 0.6 is 11.6 Å². The van der Waals surface area contributed by atoms with Crippen LogP contribution in [0.1, 0.15) is 31.5 Å². The molecule has 0 aliphatic heterocycles. The van der Waals surface area contributed by atoms with Gasteiger partial charge in [0, 0.05) is 28.2 Å². The summed E-state index contributed by atoms with van der Waals surface area (Å²) in [4.78, 5) is 11.9. The lowest BCUT2D eigenvalue weighted by Gasteiger charge is -2.22. The Morgan fingerprint density at radius 3 is 2.91 bits per heavy atom. The fraction of sp³-hybridized carbons (Fsp3) is 0.500. The molecule has 0 saturated carbocycles. The summed E-state index contributed by atoms with van der Waals surface area (Å²) in [7, 11) is 1.47. The zero-order chi connectivity index (χ0) is 15.9. The van der Waals surface area contributed by atoms with Crippen molar-refractivity contribution in [3.05, 3.63) is 34.5 Å². The molecule has 0 N–H and O–H groups in total. The number of methoxy groups -OCH3 is 1. The highest BCUT2D eigenvalue weighted by Gasteiger charge is 2.30. The van der Waals surface area contributed by atoms with E-state index in [0.29, 0.717) is 5.92 Å². The van der Waals surface area contributed by atoms with Gasteiger partial charge in [-0.25, -0.2) is 0 Å². The van der Waals surface area contributed by atoms with Gasteiger partial charge in [-0.05, 0) is 48.9 Å². The minimum Gasteiger partial charge on any atom is -0.469 e. The molecule has 0 saturated heterocycles. The molecule has 0 fully saturated rings. The fourth-order valence-electron chi connectivity index (χ4n) is 3.56. The standard InChI is InChI=1S/C18H22ClNO2/c1-11(2)10-20-16-6-4-12(18(21)22-3)8-14(16)15-9-13(19)5-7-17(15)20/h5,7,9,11-12H,4,6,8,10H2,1-3H3. The van der Waals surface area contributed by atoms with Gasteiger partial charge in [0.05, 0.1) is 13.0 Å². The van der Waals surface area contributed by atoms with Crippen molar-refractivity contribution in [3.63, 3.8) is 0 Å². The van der Waals surface area contributed by atoms with E-state index in [2.05, 4.69) is 24.5 Å². The SMILES string of the molecule is COC(=O)C1CCc2c(c3cc(Cl)ccc3n2CC(C)C)C1. The summed E-state index contributed by atoms with van der Waals surface area (Å²) in [6.45, 7) is 5.46. The van der Waals surface area contributed by atoms with Crippen molar-refractivity contribution in [3.8, 4) is 0 Å². The zero-order valence-electron chi connectivity index (χ0n) is 13.4. The third kappa shape index (κ3) is 2.63. The molecular weight excluding hydrogens is 298 g/mol. The van der Waals surface area contributed by atoms with Gasteiger partial charge in [0.2, 0.25) is 0 Å². The van der Waals surface area contributed by atoms with Crippen LogP contribution in [0.4, 0.5) is 0 Å². The average Bonchev–Trinajstić information content (AvgIpc) is 2.79. The molecular formula is C18H22ClNO2. The van der Waals surface area contributed by atoms with Gasteiger partial charge >= 0.3 is 5.97 Å². The summed E-state index contributed by atoms with van der Waals surface area (Å²) in [5, 5.41) is 1.94. The Kier molecular flexibility index (Phi) is 4.18. The van der Waals surface area contributed by atoms with Crippen molar-refractivity contribution in [1.82, 2.24) is 4.57 Å². The summed E-state index contributed by atoms with van der Waals surface area (Å²) in [6.07, 6.45) is 2.54. The Bertz CT molecular complexity index is 717. The third-order valence-corrected chi connectivity index (χ3v) is 4.75. The first-order valence-corrected chi connectivity index (χ1v) is 8.26. The number of aromatic nitrogens is 1. The maximum atomic E-state index is 11.9. The molecule has 3 nitrogen and oxygen atoms in total. The zero-order valence-corrected chi connectivity index (χ0v) is 14.1. The number of fused-ring (bicyclic) bond motifs is 3. The first-order chi connectivity index (χ1) is 10.5. The summed E-state index contributed by atoms with van der Waals surface area (Å²) < 4.78 is 7.36. The number of rotatable bonds is 3. The Morgan fingerprint density at radius 1 is 1.45 bits per heavy atom. The lowest BCUT2D eigenvalue weighted by atomic mass is 9.86. The Labute approximate surface area is 136 Å². The van der Waals surface area contributed by atoms with Crippen molar-refractivity contribution < 1.29 is 9.53 Å². The maximum Gasteiger partial charge on any atom is 0.309 e. The van der Waals surface area contributed by atoms with Crippen LogP contribution < -0.4 is 0 Å². The summed E-state index contributed by atoms with van der Waals surface area (Å²) >= 11 is 6.20. The molecule has 0 amide bonds. The quantitative estimate of drug-likeness (QED) is 0.793. The number of benzene rings is 1. The minimum absolute atomic E-state index is 0.0328. The van der Waals surface area contributed by atoms with Gasteiger partial charge < -0.3 is 9.30 Å². The molecule has 3 rings (SSSR count). The van der Waals surface area contributed by atoms with Crippen LogP contribution in [0, 0.1) is 11.8 Å². The lowest BCUT2D eigenvalue weighted by Crippen LogP contribution is -2.24. The van der Waals surface area contributed by atoms with Crippen molar-refractivity contribution in [2.45, 2.75) is 39.7 Å². The number of hydrogen-bond donors (Lipinski definition) is 0. The number of carbonyl (C=O) groups excluding carboxylic acids is 1. The van der Waals surface area contributed by atoms with Crippen LogP contribution in [0.2, 0.25) is 5.02 Å². The summed E-state index contributed by atoms with van der Waals surface area (Å²) in [6, 6.07) is 6.09. The Morgan fingerprint density at radius 2 is 2.23 bits per heavy atom. The fourth-order valence-corrected chi connectivity index (χ4v) is 3.74. The van der Waals surface area contributed by atoms with Gasteiger partial charge in [0.1, 0.15) is 0 Å². The highest BCUT2D eigenvalue weighted by Crippen LogP contribution is 2.36. The van der Waals surface area contributed by atoms with Crippen molar-refractivity contribution in [2.75, 3.05) is 7.11 Å². The number of nitrogens with zero attached hydrogens (tertiary/aromatic N) is 1. The highest BCUT2D eigenvalue weighted by atomic mass is 35.5. The van der Waals surface area contributed by atoms with Crippen LogP contribution in [0.25, 0.3) is 10.9 Å². The number of carbonyl (C=O) groups is 1. The molecule has 1 aliphatic carbocycles. The van der Waals surface area contributed by atoms with E-state index in [1.807, 2.05) is 12.1 Å². The number of hydrogen-bond acceptors (Lipinski definition) is 2. The van der Waals surface area contributed by atoms with Gasteiger partial charge in [-0.1, -0.05) is 25.4 Å². The van der Waals surface area contributed by atoms with Gasteiger partial charge in [-0.2, -0.15) is 0 Å². The van der Waals surface area contributed by atoms with E-state index in [1.54, 1.807) is 0 Å². The van der Waals surface area contributed by atoms with E-state index in [1.165, 1.54) is 29.3 Å². The second kappa shape index (κ2) is 5.96. The van der Waals surface area contributed by atoms with E-state index >= 15 is 0 Å². The lowest BCUT2D eigenvalue weighted by molar-refractivity contribution is -0.145. The molecule has 1 aromatic heterocycles. The summed E-state index contributed by atoms with van der Waals surface area (Å²) in [5.41, 5.74) is 3.87. The van der Waals surface area contributed by atoms with Crippen LogP contribution in [0.3, 0.4) is 0 Å². The topological polar surface area (TPSA) is 31.2 Å². The smallest absolute Gasteiger partial charge is 0.309 e. The van der Waals surface area contributed by atoms with Crippen molar-refractivity contribution in [1.29, 1.82) is 0 Å². The molecule has 4 heteroatoms. The first kappa shape index (κ1) is 15.4. The first-order valence-electron chi connectivity index (χ1n) is 7.88. The van der Waals surface area contributed by atoms with Crippen LogP contribution in [0.15, 0.2) is 18.2 Å². The van der Waals surface area contributed by atoms with Gasteiger partial charge in [-0.3, -0.25) is 4.79 Å². The van der Waals surface area contributed by atoms with Crippen molar-refractivity contribution >= 4 is 28.5 Å². The molecule has 1 unspecified atom stereocenters. The molecule has 1 atom stereocenters. The van der Waals surface area contributed by atoms with Crippen molar-refractivity contribution in [2.24, 2.45) is 11.8 Å². The Hall–Kier alpha value is -1.48. The minimum atomic E-state index is -0.0996. The van der Waals surface area contributed by atoms with E-state index in [0.717, 1.165) is 30.8 Å². The van der Waals surface area contributed by atoms with Crippen LogP contribution in [-0.2, 0) is 28.9 Å². The predicted molar refractivity (Wildman–Crippen MR) is 89.3 cm³/mol. The summed E-state index contributed by atoms with van der Waals surface area (Å²) in [5.74, 6) is 0.445. The van der Waals surface area contributed by atoms with E-state index < -0.39 is 0 Å². The molecule has 0 bridgehead atoms. The predicted octanol–water partition coefficient (Wildman–Crippen LogP) is 4.23. The molecule has 1 aromatic carbocycles. The number of ether oxygens (including phenoxy) is 1. The van der Waals surface area contributed by atoms with Crippen LogP contribution in [0.5, 0.6) is 0 Å². The number of esters is 1. The van der Waals surface area contributed by atoms with E-state index in [9.17, 15) is 4.79 Å². The maximum absolute atomic E-state index is 11.9. The molecule has 118 valence electrons. The second-order valence-corrected chi connectivity index (χ2v) is 6.99. The molecule has 2 aromatic rings. The van der Waals surface area contributed by atoms with E-state index in [4.69, 9.17) is 16.3 Å².